The molecule has 30 heavy (non-hydrogen) atoms. The quantitative estimate of drug-likeness (QED) is 0.578. The Morgan fingerprint density at radius 3 is 2.30 bits per heavy atom. The molecule has 0 bridgehead atoms. The molecular formula is C23H28N2O4S. The zero-order valence-corrected chi connectivity index (χ0v) is 18.7. The molecule has 2 amide bonds. The molecule has 160 valence electrons. The van der Waals surface area contributed by atoms with Crippen LogP contribution in [0.2, 0.25) is 0 Å². The SMILES string of the molecule is Cc1ccc(C)c(NC(=O)CN(C)C(=O)CCC(=O)CCC(=O)c2ccc(C)s2)c1. The number of carbonyl (C=O) groups excluding carboxylic acids is 4. The second kappa shape index (κ2) is 10.8. The van der Waals surface area contributed by atoms with E-state index in [0.717, 1.165) is 21.7 Å². The topological polar surface area (TPSA) is 83.6 Å². The van der Waals surface area contributed by atoms with Crippen LogP contribution in [-0.2, 0) is 14.4 Å². The number of benzene rings is 1. The van der Waals surface area contributed by atoms with Crippen LogP contribution in [0.15, 0.2) is 30.3 Å². The Hall–Kier alpha value is -2.80. The number of nitrogens with zero attached hydrogens (tertiary/aromatic N) is 1. The first-order chi connectivity index (χ1) is 14.2. The predicted molar refractivity (Wildman–Crippen MR) is 119 cm³/mol. The predicted octanol–water partition coefficient (Wildman–Crippen LogP) is 4.08. The normalized spacial score (nSPS) is 10.5. The Morgan fingerprint density at radius 2 is 1.63 bits per heavy atom. The standard InChI is InChI=1S/C23H28N2O4S/c1-15-5-6-16(2)19(13-15)24-22(28)14-25(4)23(29)12-9-18(26)8-10-20(27)21-11-7-17(3)30-21/h5-7,11,13H,8-10,12,14H2,1-4H3,(H,24,28). The summed E-state index contributed by atoms with van der Waals surface area (Å²) in [6.07, 6.45) is 0.373. The van der Waals surface area contributed by atoms with E-state index in [2.05, 4.69) is 5.32 Å². The van der Waals surface area contributed by atoms with E-state index in [-0.39, 0.29) is 55.6 Å². The first kappa shape index (κ1) is 23.5. The van der Waals surface area contributed by atoms with E-state index in [1.165, 1.54) is 23.3 Å². The molecule has 0 aliphatic heterocycles. The van der Waals surface area contributed by atoms with Gasteiger partial charge in [-0.1, -0.05) is 12.1 Å². The maximum Gasteiger partial charge on any atom is 0.243 e. The van der Waals surface area contributed by atoms with Gasteiger partial charge in [0, 0.05) is 43.3 Å². The molecule has 2 aromatic rings. The summed E-state index contributed by atoms with van der Waals surface area (Å²) < 4.78 is 0. The van der Waals surface area contributed by atoms with Crippen LogP contribution in [0.1, 0.15) is 51.4 Å². The van der Waals surface area contributed by atoms with Gasteiger partial charge in [0.15, 0.2) is 5.78 Å². The Kier molecular flexibility index (Phi) is 8.47. The van der Waals surface area contributed by atoms with Crippen LogP contribution in [0.25, 0.3) is 0 Å². The van der Waals surface area contributed by atoms with Crippen molar-refractivity contribution in [1.29, 1.82) is 0 Å². The Bertz CT molecular complexity index is 948. The minimum atomic E-state index is -0.289. The number of aryl methyl sites for hydroxylation is 3. The number of carbonyl (C=O) groups is 4. The number of anilines is 1. The summed E-state index contributed by atoms with van der Waals surface area (Å²) in [6.45, 7) is 5.68. The van der Waals surface area contributed by atoms with E-state index < -0.39 is 0 Å². The number of ketones is 2. The van der Waals surface area contributed by atoms with Gasteiger partial charge in [0.1, 0.15) is 5.78 Å². The zero-order chi connectivity index (χ0) is 22.3. The fourth-order valence-corrected chi connectivity index (χ4v) is 3.72. The van der Waals surface area contributed by atoms with Gasteiger partial charge < -0.3 is 10.2 Å². The molecule has 2 rings (SSSR count). The van der Waals surface area contributed by atoms with Gasteiger partial charge in [0.2, 0.25) is 11.8 Å². The molecule has 6 nitrogen and oxygen atoms in total. The summed E-state index contributed by atoms with van der Waals surface area (Å²) in [6, 6.07) is 9.42. The number of hydrogen-bond donors (Lipinski definition) is 1. The van der Waals surface area contributed by atoms with Gasteiger partial charge in [-0.15, -0.1) is 11.3 Å². The summed E-state index contributed by atoms with van der Waals surface area (Å²) >= 11 is 1.42. The van der Waals surface area contributed by atoms with Crippen molar-refractivity contribution in [2.75, 3.05) is 18.9 Å². The van der Waals surface area contributed by atoms with Gasteiger partial charge in [-0.25, -0.2) is 0 Å². The van der Waals surface area contributed by atoms with Gasteiger partial charge in [0.05, 0.1) is 11.4 Å². The van der Waals surface area contributed by atoms with Crippen molar-refractivity contribution < 1.29 is 19.2 Å². The lowest BCUT2D eigenvalue weighted by Gasteiger charge is -2.17. The van der Waals surface area contributed by atoms with Crippen LogP contribution in [0.3, 0.4) is 0 Å². The third-order valence-corrected chi connectivity index (χ3v) is 5.78. The minimum Gasteiger partial charge on any atom is -0.336 e. The number of rotatable bonds is 10. The second-order valence-electron chi connectivity index (χ2n) is 7.49. The van der Waals surface area contributed by atoms with Gasteiger partial charge in [0.25, 0.3) is 0 Å². The van der Waals surface area contributed by atoms with Crippen LogP contribution in [0.4, 0.5) is 5.69 Å². The molecule has 0 atom stereocenters. The van der Waals surface area contributed by atoms with Gasteiger partial charge >= 0.3 is 0 Å². The fourth-order valence-electron chi connectivity index (χ4n) is 2.89. The van der Waals surface area contributed by atoms with Crippen LogP contribution in [-0.4, -0.2) is 41.9 Å². The molecule has 0 spiro atoms. The maximum atomic E-state index is 12.2. The number of amides is 2. The number of hydrogen-bond acceptors (Lipinski definition) is 5. The highest BCUT2D eigenvalue weighted by atomic mass is 32.1. The largest absolute Gasteiger partial charge is 0.336 e. The van der Waals surface area contributed by atoms with E-state index in [0.29, 0.717) is 4.88 Å². The summed E-state index contributed by atoms with van der Waals surface area (Å²) in [4.78, 5) is 51.6. The van der Waals surface area contributed by atoms with Crippen molar-refractivity contribution in [3.63, 3.8) is 0 Å². The number of Topliss-reactive ketones (excluding diaryl/α,β-unsaturated/α-hetero) is 2. The minimum absolute atomic E-state index is 0.0262. The van der Waals surface area contributed by atoms with E-state index in [1.807, 2.05) is 45.0 Å². The summed E-state index contributed by atoms with van der Waals surface area (Å²) in [5.41, 5.74) is 2.70. The Morgan fingerprint density at radius 1 is 0.933 bits per heavy atom. The molecule has 1 heterocycles. The van der Waals surface area contributed by atoms with Crippen molar-refractivity contribution in [1.82, 2.24) is 4.90 Å². The lowest BCUT2D eigenvalue weighted by molar-refractivity contribution is -0.134. The first-order valence-corrected chi connectivity index (χ1v) is 10.7. The molecule has 0 radical (unpaired) electrons. The summed E-state index contributed by atoms with van der Waals surface area (Å²) in [5.74, 6) is -0.742. The van der Waals surface area contributed by atoms with Crippen LogP contribution in [0, 0.1) is 20.8 Å². The molecule has 1 N–H and O–H groups in total. The number of thiophene rings is 1. The van der Waals surface area contributed by atoms with Gasteiger partial charge in [-0.05, 0) is 50.1 Å². The summed E-state index contributed by atoms with van der Waals surface area (Å²) in [5, 5.41) is 2.82. The molecule has 1 aromatic carbocycles. The highest BCUT2D eigenvalue weighted by Gasteiger charge is 2.16. The molecule has 0 aliphatic carbocycles. The van der Waals surface area contributed by atoms with Crippen LogP contribution in [0.5, 0.6) is 0 Å². The number of likely N-dealkylation sites (N-methyl/N-ethyl adjacent to an activating group) is 1. The lowest BCUT2D eigenvalue weighted by atomic mass is 10.1. The van der Waals surface area contributed by atoms with Gasteiger partial charge in [-0.2, -0.15) is 0 Å². The lowest BCUT2D eigenvalue weighted by Crippen LogP contribution is -2.35. The van der Waals surface area contributed by atoms with Crippen molar-refractivity contribution in [3.05, 3.63) is 51.2 Å². The number of nitrogens with one attached hydrogen (secondary N) is 1. The maximum absolute atomic E-state index is 12.2. The average molecular weight is 429 g/mol. The fraction of sp³-hybridized carbons (Fsp3) is 0.391. The van der Waals surface area contributed by atoms with E-state index >= 15 is 0 Å². The van der Waals surface area contributed by atoms with E-state index in [9.17, 15) is 19.2 Å². The van der Waals surface area contributed by atoms with Crippen LogP contribution < -0.4 is 5.32 Å². The molecule has 0 saturated heterocycles. The van der Waals surface area contributed by atoms with Crippen molar-refractivity contribution in [3.8, 4) is 0 Å². The Labute approximate surface area is 181 Å². The molecule has 1 aromatic heterocycles. The van der Waals surface area contributed by atoms with E-state index in [4.69, 9.17) is 0 Å². The van der Waals surface area contributed by atoms with Crippen molar-refractivity contribution in [2.45, 2.75) is 46.5 Å². The third-order valence-electron chi connectivity index (χ3n) is 4.74. The van der Waals surface area contributed by atoms with Crippen molar-refractivity contribution >= 4 is 40.4 Å². The molecule has 0 saturated carbocycles. The molecule has 7 heteroatoms. The third kappa shape index (κ3) is 7.22. The summed E-state index contributed by atoms with van der Waals surface area (Å²) in [7, 11) is 1.54. The van der Waals surface area contributed by atoms with E-state index in [1.54, 1.807) is 6.07 Å². The van der Waals surface area contributed by atoms with Gasteiger partial charge in [-0.3, -0.25) is 19.2 Å². The molecule has 0 unspecified atom stereocenters. The molecule has 0 fully saturated rings. The zero-order valence-electron chi connectivity index (χ0n) is 17.9. The average Bonchev–Trinajstić information content (AvgIpc) is 3.13. The highest BCUT2D eigenvalue weighted by molar-refractivity contribution is 7.14. The Balaban J connectivity index is 1.72. The van der Waals surface area contributed by atoms with Crippen molar-refractivity contribution in [2.24, 2.45) is 0 Å². The monoisotopic (exact) mass is 428 g/mol. The highest BCUT2D eigenvalue weighted by Crippen LogP contribution is 2.18. The molecule has 0 aliphatic rings. The van der Waals surface area contributed by atoms with Crippen LogP contribution >= 0.6 is 11.3 Å². The smallest absolute Gasteiger partial charge is 0.243 e. The first-order valence-electron chi connectivity index (χ1n) is 9.88. The second-order valence-corrected chi connectivity index (χ2v) is 8.78. The molecular weight excluding hydrogens is 400 g/mol.